The first-order chi connectivity index (χ1) is 19.0. The summed E-state index contributed by atoms with van der Waals surface area (Å²) in [4.78, 5) is 39.4. The van der Waals surface area contributed by atoms with Gasteiger partial charge in [0.2, 0.25) is 0 Å². The maximum absolute atomic E-state index is 13.4. The number of nitrogens with one attached hydrogen (secondary N) is 2. The number of piperazine rings is 1. The monoisotopic (exact) mass is 551 g/mol. The van der Waals surface area contributed by atoms with Gasteiger partial charge in [0.25, 0.3) is 0 Å². The molecule has 1 saturated heterocycles. The third kappa shape index (κ3) is 6.50. The minimum absolute atomic E-state index is 0.0874. The Labute approximate surface area is 236 Å². The van der Waals surface area contributed by atoms with Crippen LogP contribution in [0.15, 0.2) is 53.5 Å². The van der Waals surface area contributed by atoms with Crippen LogP contribution in [0.1, 0.15) is 38.2 Å². The lowest BCUT2D eigenvalue weighted by Gasteiger charge is -2.33. The summed E-state index contributed by atoms with van der Waals surface area (Å²) in [7, 11) is 0.580. The molecule has 2 aromatic carbocycles. The van der Waals surface area contributed by atoms with E-state index in [1.807, 2.05) is 25.1 Å². The number of aromatic amines is 2. The number of H-pyrrole nitrogens is 2. The SMILES string of the molecule is Cc1ccc(C(=O)Cc2ccc(CN3CCN(C)CC3)c([Si](C)(C)C)c2)cc1C#Cc1cnc2[nH]c(=O)[nH]c2c1. The first-order valence-corrected chi connectivity index (χ1v) is 17.3. The van der Waals surface area contributed by atoms with E-state index in [9.17, 15) is 9.59 Å². The molecule has 1 aliphatic heterocycles. The Bertz CT molecular complexity index is 1680. The van der Waals surface area contributed by atoms with Crippen molar-refractivity contribution >= 4 is 30.2 Å². The van der Waals surface area contributed by atoms with Gasteiger partial charge in [-0.2, -0.15) is 0 Å². The molecule has 0 atom stereocenters. The zero-order valence-corrected chi connectivity index (χ0v) is 25.0. The van der Waals surface area contributed by atoms with Crippen LogP contribution in [0, 0.1) is 18.8 Å². The molecule has 3 heterocycles. The van der Waals surface area contributed by atoms with Crippen molar-refractivity contribution in [2.75, 3.05) is 33.2 Å². The van der Waals surface area contributed by atoms with Gasteiger partial charge >= 0.3 is 5.69 Å². The molecule has 40 heavy (non-hydrogen) atoms. The van der Waals surface area contributed by atoms with Crippen molar-refractivity contribution in [3.63, 3.8) is 0 Å². The number of carbonyl (C=O) groups excluding carboxylic acids is 1. The molecule has 0 amide bonds. The maximum Gasteiger partial charge on any atom is 0.325 e. The van der Waals surface area contributed by atoms with E-state index < -0.39 is 8.07 Å². The van der Waals surface area contributed by atoms with Crippen LogP contribution in [-0.4, -0.2) is 71.8 Å². The number of pyridine rings is 1. The van der Waals surface area contributed by atoms with Crippen LogP contribution in [0.3, 0.4) is 0 Å². The van der Waals surface area contributed by atoms with Crippen LogP contribution < -0.4 is 10.9 Å². The zero-order chi connectivity index (χ0) is 28.4. The predicted octanol–water partition coefficient (Wildman–Crippen LogP) is 3.68. The van der Waals surface area contributed by atoms with Crippen molar-refractivity contribution in [1.29, 1.82) is 0 Å². The lowest BCUT2D eigenvalue weighted by atomic mass is 9.98. The summed E-state index contributed by atoms with van der Waals surface area (Å²) in [6, 6.07) is 14.2. The fourth-order valence-corrected chi connectivity index (χ4v) is 6.91. The average molecular weight is 552 g/mol. The molecule has 0 radical (unpaired) electrons. The minimum Gasteiger partial charge on any atom is -0.304 e. The summed E-state index contributed by atoms with van der Waals surface area (Å²) in [5, 5.41) is 1.45. The van der Waals surface area contributed by atoms with Crippen molar-refractivity contribution in [2.24, 2.45) is 0 Å². The number of fused-ring (bicyclic) bond motifs is 1. The molecule has 2 N–H and O–H groups in total. The van der Waals surface area contributed by atoms with E-state index in [0.29, 0.717) is 28.7 Å². The highest BCUT2D eigenvalue weighted by Crippen LogP contribution is 2.17. The highest BCUT2D eigenvalue weighted by atomic mass is 28.3. The Morgan fingerprint density at radius 3 is 2.52 bits per heavy atom. The molecule has 0 unspecified atom stereocenters. The van der Waals surface area contributed by atoms with Crippen molar-refractivity contribution in [3.05, 3.63) is 92.5 Å². The standard InChI is InChI=1S/C32H37N5O2Si/c1-22-6-9-26(19-25(22)10-8-24-16-28-31(33-20-24)35-32(39)34-28)29(38)17-23-7-11-27(30(18-23)40(3,4)5)21-37-14-12-36(2)13-15-37/h6-7,9,11,16,18-20H,12-15,17,21H2,1-5H3,(H2,33,34,35,39). The Kier molecular flexibility index (Phi) is 7.90. The zero-order valence-electron chi connectivity index (χ0n) is 24.0. The number of imidazole rings is 1. The van der Waals surface area contributed by atoms with Crippen LogP contribution in [0.25, 0.3) is 11.2 Å². The molecule has 2 aromatic heterocycles. The van der Waals surface area contributed by atoms with Gasteiger partial charge < -0.3 is 9.88 Å². The van der Waals surface area contributed by atoms with Gasteiger partial charge in [-0.05, 0) is 42.8 Å². The number of aryl methyl sites for hydroxylation is 1. The fourth-order valence-electron chi connectivity index (χ4n) is 5.16. The van der Waals surface area contributed by atoms with Gasteiger partial charge in [-0.3, -0.25) is 14.7 Å². The summed E-state index contributed by atoms with van der Waals surface area (Å²) in [5.41, 5.74) is 6.46. The van der Waals surface area contributed by atoms with Crippen LogP contribution in [0.5, 0.6) is 0 Å². The largest absolute Gasteiger partial charge is 0.325 e. The molecule has 1 fully saturated rings. The third-order valence-corrected chi connectivity index (χ3v) is 9.69. The molecular weight excluding hydrogens is 514 g/mol. The fraction of sp³-hybridized carbons (Fsp3) is 0.344. The van der Waals surface area contributed by atoms with Gasteiger partial charge in [-0.1, -0.05) is 67.0 Å². The van der Waals surface area contributed by atoms with E-state index in [0.717, 1.165) is 49.4 Å². The number of likely N-dealkylation sites (N-methyl/N-ethyl adjacent to an activating group) is 1. The number of nitrogens with zero attached hydrogens (tertiary/aromatic N) is 3. The molecule has 1 aliphatic rings. The molecule has 7 nitrogen and oxygen atoms in total. The number of hydrogen-bond acceptors (Lipinski definition) is 5. The average Bonchev–Trinajstić information content (AvgIpc) is 3.29. The van der Waals surface area contributed by atoms with E-state index >= 15 is 0 Å². The summed E-state index contributed by atoms with van der Waals surface area (Å²) in [5.74, 6) is 6.40. The van der Waals surface area contributed by atoms with E-state index in [4.69, 9.17) is 0 Å². The maximum atomic E-state index is 13.4. The Hall–Kier alpha value is -3.77. The Morgan fingerprint density at radius 1 is 1.00 bits per heavy atom. The predicted molar refractivity (Wildman–Crippen MR) is 164 cm³/mol. The summed E-state index contributed by atoms with van der Waals surface area (Å²) in [6.07, 6.45) is 2.00. The van der Waals surface area contributed by atoms with Gasteiger partial charge in [0, 0.05) is 62.0 Å². The summed E-state index contributed by atoms with van der Waals surface area (Å²) in [6.45, 7) is 14.5. The number of ketones is 1. The topological polar surface area (TPSA) is 85.1 Å². The Balaban J connectivity index is 1.34. The second kappa shape index (κ2) is 11.4. The molecule has 8 heteroatoms. The van der Waals surface area contributed by atoms with Gasteiger partial charge in [-0.15, -0.1) is 0 Å². The van der Waals surface area contributed by atoms with E-state index in [1.165, 1.54) is 10.8 Å². The summed E-state index contributed by atoms with van der Waals surface area (Å²) >= 11 is 0. The molecule has 0 saturated carbocycles. The number of aromatic nitrogens is 3. The molecule has 0 spiro atoms. The summed E-state index contributed by atoms with van der Waals surface area (Å²) < 4.78 is 0. The highest BCUT2D eigenvalue weighted by Gasteiger charge is 2.23. The van der Waals surface area contributed by atoms with Crippen LogP contribution in [0.4, 0.5) is 0 Å². The van der Waals surface area contributed by atoms with Gasteiger partial charge in [0.05, 0.1) is 13.6 Å². The molecule has 5 rings (SSSR count). The normalized spacial score (nSPS) is 14.7. The van der Waals surface area contributed by atoms with Crippen LogP contribution >= 0.6 is 0 Å². The van der Waals surface area contributed by atoms with Crippen molar-refractivity contribution in [3.8, 4) is 11.8 Å². The number of rotatable bonds is 6. The Morgan fingerprint density at radius 2 is 1.77 bits per heavy atom. The second-order valence-electron chi connectivity index (χ2n) is 11.9. The van der Waals surface area contributed by atoms with Crippen LogP contribution in [-0.2, 0) is 13.0 Å². The number of hydrogen-bond donors (Lipinski definition) is 2. The van der Waals surface area contributed by atoms with Gasteiger partial charge in [0.1, 0.15) is 0 Å². The van der Waals surface area contributed by atoms with Crippen molar-refractivity contribution in [2.45, 2.75) is 39.5 Å². The first kappa shape index (κ1) is 27.8. The second-order valence-corrected chi connectivity index (χ2v) is 16.9. The molecule has 0 aliphatic carbocycles. The lowest BCUT2D eigenvalue weighted by molar-refractivity contribution is 0.0993. The molecular formula is C32H37N5O2Si. The smallest absolute Gasteiger partial charge is 0.304 e. The highest BCUT2D eigenvalue weighted by molar-refractivity contribution is 6.89. The minimum atomic E-state index is -1.61. The van der Waals surface area contributed by atoms with Crippen LogP contribution in [0.2, 0.25) is 19.6 Å². The van der Waals surface area contributed by atoms with E-state index in [2.05, 4.69) is 81.5 Å². The number of carbonyl (C=O) groups is 1. The molecule has 4 aromatic rings. The van der Waals surface area contributed by atoms with E-state index in [-0.39, 0.29) is 11.5 Å². The first-order valence-electron chi connectivity index (χ1n) is 13.8. The van der Waals surface area contributed by atoms with Crippen molar-refractivity contribution < 1.29 is 4.79 Å². The number of benzene rings is 2. The lowest BCUT2D eigenvalue weighted by Crippen LogP contribution is -2.46. The quantitative estimate of drug-likeness (QED) is 0.217. The molecule has 0 bridgehead atoms. The van der Waals surface area contributed by atoms with Gasteiger partial charge in [0.15, 0.2) is 11.4 Å². The van der Waals surface area contributed by atoms with Crippen molar-refractivity contribution in [1.82, 2.24) is 24.8 Å². The number of Topliss-reactive ketones (excluding diaryl/α,β-unsaturated/α-hetero) is 1. The van der Waals surface area contributed by atoms with E-state index in [1.54, 1.807) is 12.3 Å². The van der Waals surface area contributed by atoms with Gasteiger partial charge in [-0.25, -0.2) is 9.78 Å². The molecule has 206 valence electrons. The third-order valence-electron chi connectivity index (χ3n) is 7.61.